The van der Waals surface area contributed by atoms with Gasteiger partial charge in [0, 0.05) is 38.1 Å². The molecule has 1 amide bonds. The number of imidazole rings is 1. The van der Waals surface area contributed by atoms with Crippen LogP contribution in [0.2, 0.25) is 0 Å². The zero-order valence-electron chi connectivity index (χ0n) is 13.5. The number of amides is 1. The quantitative estimate of drug-likeness (QED) is 0.905. The second-order valence-electron chi connectivity index (χ2n) is 6.04. The maximum absolute atomic E-state index is 12.3. The molecule has 0 aromatic carbocycles. The average molecular weight is 313 g/mol. The molecule has 122 valence electrons. The fraction of sp³-hybridized carbons (Fsp3) is 0.471. The number of nitrogens with one attached hydrogen (secondary N) is 1. The first-order valence-electron chi connectivity index (χ1n) is 8.08. The van der Waals surface area contributed by atoms with Crippen molar-refractivity contribution in [3.05, 3.63) is 48.3 Å². The highest BCUT2D eigenvalue weighted by atomic mass is 16.1. The van der Waals surface area contributed by atoms with Gasteiger partial charge in [-0.15, -0.1) is 0 Å². The molecule has 6 heteroatoms. The van der Waals surface area contributed by atoms with Crippen LogP contribution < -0.4 is 5.32 Å². The standard InChI is InChI=1S/C17H23N5O/c1-21-11-8-19-16(21)12-20-17(23)14-5-9-22(10-6-14)13-15-4-2-3-7-18-15/h2-4,7-8,11,14H,5-6,9-10,12-13H2,1H3,(H,20,23). The molecule has 3 rings (SSSR count). The van der Waals surface area contributed by atoms with Gasteiger partial charge in [0.05, 0.1) is 12.2 Å². The van der Waals surface area contributed by atoms with Gasteiger partial charge < -0.3 is 9.88 Å². The number of rotatable bonds is 5. The fourth-order valence-corrected chi connectivity index (χ4v) is 2.95. The van der Waals surface area contributed by atoms with Crippen molar-refractivity contribution in [1.82, 2.24) is 24.8 Å². The minimum Gasteiger partial charge on any atom is -0.349 e. The molecule has 23 heavy (non-hydrogen) atoms. The molecule has 1 aliphatic rings. The van der Waals surface area contributed by atoms with Crippen LogP contribution in [0.3, 0.4) is 0 Å². The van der Waals surface area contributed by atoms with Crippen molar-refractivity contribution in [2.45, 2.75) is 25.9 Å². The molecule has 0 saturated carbocycles. The van der Waals surface area contributed by atoms with E-state index in [1.54, 1.807) is 6.20 Å². The lowest BCUT2D eigenvalue weighted by Gasteiger charge is -2.30. The number of hydrogen-bond acceptors (Lipinski definition) is 4. The summed E-state index contributed by atoms with van der Waals surface area (Å²) in [5.41, 5.74) is 1.09. The van der Waals surface area contributed by atoms with Gasteiger partial charge >= 0.3 is 0 Å². The molecular weight excluding hydrogens is 290 g/mol. The van der Waals surface area contributed by atoms with Crippen LogP contribution in [-0.2, 0) is 24.9 Å². The summed E-state index contributed by atoms with van der Waals surface area (Å²) in [6.45, 7) is 3.24. The van der Waals surface area contributed by atoms with Crippen LogP contribution >= 0.6 is 0 Å². The molecule has 0 atom stereocenters. The molecule has 0 aliphatic carbocycles. The number of aryl methyl sites for hydroxylation is 1. The Morgan fingerprint density at radius 3 is 2.74 bits per heavy atom. The lowest BCUT2D eigenvalue weighted by Crippen LogP contribution is -2.40. The van der Waals surface area contributed by atoms with Crippen molar-refractivity contribution in [3.8, 4) is 0 Å². The topological polar surface area (TPSA) is 63.1 Å². The number of nitrogens with zero attached hydrogens (tertiary/aromatic N) is 4. The van der Waals surface area contributed by atoms with E-state index in [9.17, 15) is 4.79 Å². The molecule has 2 aromatic rings. The van der Waals surface area contributed by atoms with E-state index in [4.69, 9.17) is 0 Å². The smallest absolute Gasteiger partial charge is 0.223 e. The van der Waals surface area contributed by atoms with E-state index in [0.29, 0.717) is 6.54 Å². The molecule has 1 aliphatic heterocycles. The Balaban J connectivity index is 1.43. The number of piperidine rings is 1. The Morgan fingerprint density at radius 2 is 2.09 bits per heavy atom. The van der Waals surface area contributed by atoms with Gasteiger partial charge in [0.1, 0.15) is 5.82 Å². The Morgan fingerprint density at radius 1 is 1.26 bits per heavy atom. The molecule has 0 bridgehead atoms. The van der Waals surface area contributed by atoms with Crippen LogP contribution in [0.1, 0.15) is 24.4 Å². The summed E-state index contributed by atoms with van der Waals surface area (Å²) in [5.74, 6) is 1.13. The van der Waals surface area contributed by atoms with E-state index in [0.717, 1.165) is 44.0 Å². The van der Waals surface area contributed by atoms with Crippen LogP contribution in [0.15, 0.2) is 36.8 Å². The summed E-state index contributed by atoms with van der Waals surface area (Å²) in [6.07, 6.45) is 7.26. The largest absolute Gasteiger partial charge is 0.349 e. The number of carbonyl (C=O) groups is 1. The maximum atomic E-state index is 12.3. The number of pyridine rings is 1. The first-order valence-corrected chi connectivity index (χ1v) is 8.08. The number of hydrogen-bond donors (Lipinski definition) is 1. The summed E-state index contributed by atoms with van der Waals surface area (Å²) in [4.78, 5) is 23.2. The van der Waals surface area contributed by atoms with Crippen LogP contribution in [0, 0.1) is 5.92 Å². The van der Waals surface area contributed by atoms with E-state index in [1.165, 1.54) is 0 Å². The Bertz CT molecular complexity index is 631. The van der Waals surface area contributed by atoms with E-state index in [1.807, 2.05) is 42.2 Å². The van der Waals surface area contributed by atoms with Gasteiger partial charge in [-0.3, -0.25) is 14.7 Å². The summed E-state index contributed by atoms with van der Waals surface area (Å²) in [7, 11) is 1.94. The molecule has 6 nitrogen and oxygen atoms in total. The van der Waals surface area contributed by atoms with Crippen molar-refractivity contribution in [3.63, 3.8) is 0 Å². The van der Waals surface area contributed by atoms with Crippen molar-refractivity contribution in [1.29, 1.82) is 0 Å². The highest BCUT2D eigenvalue weighted by Crippen LogP contribution is 2.18. The Hall–Kier alpha value is -2.21. The predicted octanol–water partition coefficient (Wildman–Crippen LogP) is 1.34. The molecule has 0 spiro atoms. The fourth-order valence-electron chi connectivity index (χ4n) is 2.95. The number of aromatic nitrogens is 3. The first kappa shape index (κ1) is 15.7. The van der Waals surface area contributed by atoms with E-state index in [-0.39, 0.29) is 11.8 Å². The van der Waals surface area contributed by atoms with Gasteiger partial charge in [0.2, 0.25) is 5.91 Å². The van der Waals surface area contributed by atoms with Crippen LogP contribution in [-0.4, -0.2) is 38.4 Å². The maximum Gasteiger partial charge on any atom is 0.223 e. The Labute approximate surface area is 136 Å². The summed E-state index contributed by atoms with van der Waals surface area (Å²) in [5, 5.41) is 3.01. The van der Waals surface area contributed by atoms with Gasteiger partial charge in [-0.05, 0) is 38.1 Å². The van der Waals surface area contributed by atoms with Crippen molar-refractivity contribution >= 4 is 5.91 Å². The van der Waals surface area contributed by atoms with Crippen LogP contribution in [0.4, 0.5) is 0 Å². The molecule has 1 saturated heterocycles. The van der Waals surface area contributed by atoms with E-state index < -0.39 is 0 Å². The lowest BCUT2D eigenvalue weighted by molar-refractivity contribution is -0.126. The molecule has 0 radical (unpaired) electrons. The predicted molar refractivity (Wildman–Crippen MR) is 87.3 cm³/mol. The van der Waals surface area contributed by atoms with Crippen molar-refractivity contribution in [2.75, 3.05) is 13.1 Å². The summed E-state index contributed by atoms with van der Waals surface area (Å²) < 4.78 is 1.93. The normalized spacial score (nSPS) is 16.4. The molecule has 1 N–H and O–H groups in total. The average Bonchev–Trinajstić information content (AvgIpc) is 2.99. The Kier molecular flexibility index (Phi) is 5.02. The van der Waals surface area contributed by atoms with Gasteiger partial charge in [0.15, 0.2) is 0 Å². The van der Waals surface area contributed by atoms with E-state index in [2.05, 4.69) is 20.2 Å². The molecule has 2 aromatic heterocycles. The number of carbonyl (C=O) groups excluding carboxylic acids is 1. The molecule has 0 unspecified atom stereocenters. The van der Waals surface area contributed by atoms with Crippen LogP contribution in [0.25, 0.3) is 0 Å². The minimum atomic E-state index is 0.107. The third kappa shape index (κ3) is 4.16. The third-order valence-corrected chi connectivity index (χ3v) is 4.41. The third-order valence-electron chi connectivity index (χ3n) is 4.41. The highest BCUT2D eigenvalue weighted by molar-refractivity contribution is 5.78. The van der Waals surface area contributed by atoms with Crippen LogP contribution in [0.5, 0.6) is 0 Å². The zero-order valence-corrected chi connectivity index (χ0v) is 13.5. The number of likely N-dealkylation sites (tertiary alicyclic amines) is 1. The summed E-state index contributed by atoms with van der Waals surface area (Å²) in [6, 6.07) is 5.99. The molecule has 3 heterocycles. The highest BCUT2D eigenvalue weighted by Gasteiger charge is 2.25. The van der Waals surface area contributed by atoms with Gasteiger partial charge in [-0.1, -0.05) is 6.07 Å². The SMILES string of the molecule is Cn1ccnc1CNC(=O)C1CCN(Cc2ccccn2)CC1. The first-order chi connectivity index (χ1) is 11.2. The van der Waals surface area contributed by atoms with Gasteiger partial charge in [0.25, 0.3) is 0 Å². The van der Waals surface area contributed by atoms with Gasteiger partial charge in [-0.25, -0.2) is 4.98 Å². The van der Waals surface area contributed by atoms with E-state index >= 15 is 0 Å². The van der Waals surface area contributed by atoms with Crippen molar-refractivity contribution in [2.24, 2.45) is 13.0 Å². The summed E-state index contributed by atoms with van der Waals surface area (Å²) >= 11 is 0. The molecule has 1 fully saturated rings. The monoisotopic (exact) mass is 313 g/mol. The second-order valence-corrected chi connectivity index (χ2v) is 6.04. The van der Waals surface area contributed by atoms with Gasteiger partial charge in [-0.2, -0.15) is 0 Å². The zero-order chi connectivity index (χ0) is 16.1. The second kappa shape index (κ2) is 7.37. The lowest BCUT2D eigenvalue weighted by atomic mass is 9.96. The minimum absolute atomic E-state index is 0.107. The van der Waals surface area contributed by atoms with Crippen molar-refractivity contribution < 1.29 is 4.79 Å². The molecular formula is C17H23N5O.